The molecular formula is C51H56. The van der Waals surface area contributed by atoms with E-state index in [1.807, 2.05) is 0 Å². The molecule has 0 amide bonds. The molecule has 260 valence electrons. The van der Waals surface area contributed by atoms with Crippen molar-refractivity contribution in [3.05, 3.63) is 119 Å². The zero-order valence-electron chi connectivity index (χ0n) is 32.0. The second-order valence-corrected chi connectivity index (χ2v) is 16.3. The lowest BCUT2D eigenvalue weighted by Crippen LogP contribution is -2.31. The zero-order chi connectivity index (χ0) is 35.3. The van der Waals surface area contributed by atoms with E-state index >= 15 is 0 Å². The Hall–Kier alpha value is -4.16. The summed E-state index contributed by atoms with van der Waals surface area (Å²) in [6.45, 7) is 14.1. The molecule has 0 heterocycles. The quantitative estimate of drug-likeness (QED) is 0.0847. The lowest BCUT2D eigenvalue weighted by atomic mass is 9.65. The van der Waals surface area contributed by atoms with Gasteiger partial charge in [0, 0.05) is 5.41 Å². The highest BCUT2D eigenvalue weighted by Crippen LogP contribution is 2.57. The van der Waals surface area contributed by atoms with Gasteiger partial charge in [0.1, 0.15) is 0 Å². The van der Waals surface area contributed by atoms with E-state index in [9.17, 15) is 0 Å². The maximum atomic E-state index is 2.65. The molecule has 0 heteroatoms. The second kappa shape index (κ2) is 13.8. The van der Waals surface area contributed by atoms with E-state index in [0.717, 1.165) is 11.8 Å². The summed E-state index contributed by atoms with van der Waals surface area (Å²) in [6.07, 6.45) is 12.9. The lowest BCUT2D eigenvalue weighted by molar-refractivity contribution is 0.266. The van der Waals surface area contributed by atoms with E-state index in [-0.39, 0.29) is 5.41 Å². The van der Waals surface area contributed by atoms with E-state index in [4.69, 9.17) is 0 Å². The van der Waals surface area contributed by atoms with Gasteiger partial charge in [-0.2, -0.15) is 0 Å². The number of benzene rings is 7. The first-order chi connectivity index (χ1) is 24.9. The standard InChI is InChI=1S/C51H56/c1-7-11-15-35(9-3)31-51(32-36(10-4)16-12-8-2)47-27-33(5)21-23-41(47)42-24-22-37(30-48(42)51)40-28-39-18-14-19-43-45-26-34(6)25-38-17-13-20-44(49(38)45)46(29-40)50(39)43/h13-14,17-30,35-36H,7-12,15-16,31-32H2,1-6H3. The molecule has 2 atom stereocenters. The lowest BCUT2D eigenvalue weighted by Gasteiger charge is -2.39. The van der Waals surface area contributed by atoms with Crippen molar-refractivity contribution in [2.75, 3.05) is 0 Å². The van der Waals surface area contributed by atoms with Crippen LogP contribution >= 0.6 is 0 Å². The third-order valence-electron chi connectivity index (χ3n) is 12.9. The summed E-state index contributed by atoms with van der Waals surface area (Å²) in [5.74, 6) is 1.45. The molecule has 1 aliphatic rings. The van der Waals surface area contributed by atoms with Gasteiger partial charge in [-0.25, -0.2) is 0 Å². The molecule has 0 nitrogen and oxygen atoms in total. The molecule has 0 fully saturated rings. The van der Waals surface area contributed by atoms with E-state index in [2.05, 4.69) is 139 Å². The topological polar surface area (TPSA) is 0 Å². The molecule has 7 aromatic rings. The summed E-state index contributed by atoms with van der Waals surface area (Å²) in [5, 5.41) is 11.0. The number of hydrogen-bond donors (Lipinski definition) is 0. The molecule has 7 aromatic carbocycles. The van der Waals surface area contributed by atoms with Gasteiger partial charge in [0.05, 0.1) is 0 Å². The van der Waals surface area contributed by atoms with Crippen molar-refractivity contribution in [2.24, 2.45) is 11.8 Å². The SMILES string of the molecule is CCCCC(CC)CC1(CC(CC)CCCC)c2cc(C)ccc2-c2ccc(-c3cc4cccc5c6cc(C)cc7cccc(c(c3)c45)c76)cc21. The third kappa shape index (κ3) is 5.74. The van der Waals surface area contributed by atoms with Crippen molar-refractivity contribution >= 4 is 43.1 Å². The number of unbranched alkanes of at least 4 members (excludes halogenated alkanes) is 2. The van der Waals surface area contributed by atoms with Crippen molar-refractivity contribution in [3.63, 3.8) is 0 Å². The molecule has 1 aliphatic carbocycles. The van der Waals surface area contributed by atoms with Crippen LogP contribution in [0.15, 0.2) is 97.1 Å². The van der Waals surface area contributed by atoms with Crippen LogP contribution in [0.1, 0.15) is 114 Å². The molecule has 0 N–H and O–H groups in total. The Morgan fingerprint density at radius 3 is 1.67 bits per heavy atom. The van der Waals surface area contributed by atoms with Crippen LogP contribution in [-0.2, 0) is 5.41 Å². The Balaban J connectivity index is 1.36. The molecule has 0 spiro atoms. The summed E-state index contributed by atoms with van der Waals surface area (Å²) >= 11 is 0. The average molecular weight is 669 g/mol. The summed E-state index contributed by atoms with van der Waals surface area (Å²) in [5.41, 5.74) is 11.6. The Morgan fingerprint density at radius 1 is 0.490 bits per heavy atom. The fourth-order valence-electron chi connectivity index (χ4n) is 10.2. The minimum absolute atomic E-state index is 0.0379. The minimum atomic E-state index is 0.0379. The normalized spacial score (nSPS) is 16.7. The van der Waals surface area contributed by atoms with Crippen LogP contribution < -0.4 is 0 Å². The number of hydrogen-bond acceptors (Lipinski definition) is 0. The van der Waals surface area contributed by atoms with E-state index in [1.165, 1.54) is 141 Å². The second-order valence-electron chi connectivity index (χ2n) is 16.3. The van der Waals surface area contributed by atoms with Gasteiger partial charge in [0.2, 0.25) is 0 Å². The van der Waals surface area contributed by atoms with Crippen LogP contribution in [0, 0.1) is 25.7 Å². The van der Waals surface area contributed by atoms with Crippen LogP contribution in [0.3, 0.4) is 0 Å². The largest absolute Gasteiger partial charge is 0.0654 e. The molecule has 0 aromatic heterocycles. The fraction of sp³-hybridized carbons (Fsp3) is 0.373. The van der Waals surface area contributed by atoms with Crippen LogP contribution in [0.4, 0.5) is 0 Å². The van der Waals surface area contributed by atoms with Gasteiger partial charge in [0.25, 0.3) is 0 Å². The van der Waals surface area contributed by atoms with Crippen molar-refractivity contribution in [2.45, 2.75) is 111 Å². The van der Waals surface area contributed by atoms with Crippen molar-refractivity contribution in [1.29, 1.82) is 0 Å². The fourth-order valence-corrected chi connectivity index (χ4v) is 10.2. The molecule has 2 unspecified atom stereocenters. The van der Waals surface area contributed by atoms with Crippen LogP contribution in [0.5, 0.6) is 0 Å². The van der Waals surface area contributed by atoms with Gasteiger partial charge < -0.3 is 0 Å². The number of aryl methyl sites for hydroxylation is 2. The maximum absolute atomic E-state index is 2.65. The van der Waals surface area contributed by atoms with E-state index < -0.39 is 0 Å². The smallest absolute Gasteiger partial charge is 0.0220 e. The van der Waals surface area contributed by atoms with Crippen LogP contribution in [0.25, 0.3) is 65.3 Å². The molecular weight excluding hydrogens is 613 g/mol. The Morgan fingerprint density at radius 2 is 1.06 bits per heavy atom. The monoisotopic (exact) mass is 668 g/mol. The third-order valence-corrected chi connectivity index (χ3v) is 12.9. The zero-order valence-corrected chi connectivity index (χ0v) is 32.0. The highest BCUT2D eigenvalue weighted by molar-refractivity contribution is 6.33. The molecule has 0 radical (unpaired) electrons. The minimum Gasteiger partial charge on any atom is -0.0654 e. The predicted molar refractivity (Wildman–Crippen MR) is 225 cm³/mol. The first-order valence-corrected chi connectivity index (χ1v) is 20.3. The van der Waals surface area contributed by atoms with Gasteiger partial charge in [-0.3, -0.25) is 0 Å². The number of rotatable bonds is 13. The number of fused-ring (bicyclic) bond motifs is 5. The van der Waals surface area contributed by atoms with Gasteiger partial charge in [-0.15, -0.1) is 0 Å². The van der Waals surface area contributed by atoms with Crippen molar-refractivity contribution in [1.82, 2.24) is 0 Å². The summed E-state index contributed by atoms with van der Waals surface area (Å²) in [7, 11) is 0. The average Bonchev–Trinajstić information content (AvgIpc) is 3.40. The van der Waals surface area contributed by atoms with Gasteiger partial charge in [-0.05, 0) is 139 Å². The first kappa shape index (κ1) is 34.0. The summed E-state index contributed by atoms with van der Waals surface area (Å²) in [6, 6.07) is 38.5. The molecule has 0 aliphatic heterocycles. The van der Waals surface area contributed by atoms with Crippen molar-refractivity contribution in [3.8, 4) is 22.3 Å². The van der Waals surface area contributed by atoms with Crippen LogP contribution in [-0.4, -0.2) is 0 Å². The molecule has 51 heavy (non-hydrogen) atoms. The van der Waals surface area contributed by atoms with Gasteiger partial charge in [0.15, 0.2) is 0 Å². The Bertz CT molecular complexity index is 2330. The van der Waals surface area contributed by atoms with Crippen molar-refractivity contribution < 1.29 is 0 Å². The molecule has 8 rings (SSSR count). The first-order valence-electron chi connectivity index (χ1n) is 20.3. The van der Waals surface area contributed by atoms with Gasteiger partial charge >= 0.3 is 0 Å². The molecule has 0 saturated heterocycles. The Kier molecular flexibility index (Phi) is 9.16. The summed E-state index contributed by atoms with van der Waals surface area (Å²) in [4.78, 5) is 0. The highest BCUT2D eigenvalue weighted by Gasteiger charge is 2.45. The predicted octanol–water partition coefficient (Wildman–Crippen LogP) is 15.5. The van der Waals surface area contributed by atoms with Gasteiger partial charge in [-0.1, -0.05) is 163 Å². The van der Waals surface area contributed by atoms with Crippen LogP contribution in [0.2, 0.25) is 0 Å². The van der Waals surface area contributed by atoms with E-state index in [0.29, 0.717) is 0 Å². The van der Waals surface area contributed by atoms with E-state index in [1.54, 1.807) is 11.1 Å². The summed E-state index contributed by atoms with van der Waals surface area (Å²) < 4.78 is 0. The Labute approximate surface area is 306 Å². The molecule has 0 bridgehead atoms. The molecule has 0 saturated carbocycles. The maximum Gasteiger partial charge on any atom is 0.0220 e. The highest BCUT2D eigenvalue weighted by atomic mass is 14.5.